The van der Waals surface area contributed by atoms with E-state index in [0.717, 1.165) is 0 Å². The average Bonchev–Trinajstić information content (AvgIpc) is 2.43. The lowest BCUT2D eigenvalue weighted by molar-refractivity contribution is -0.139. The topological polar surface area (TPSA) is 96.5 Å². The third kappa shape index (κ3) is 4.60. The summed E-state index contributed by atoms with van der Waals surface area (Å²) in [6, 6.07) is 6.14. The molecule has 7 nitrogen and oxygen atoms in total. The van der Waals surface area contributed by atoms with Gasteiger partial charge in [0.2, 0.25) is 0 Å². The summed E-state index contributed by atoms with van der Waals surface area (Å²) in [7, 11) is 1.52. The highest BCUT2D eigenvalue weighted by molar-refractivity contribution is 6.35. The number of benzene rings is 1. The fraction of sp³-hybridized carbons (Fsp3) is 0.308. The summed E-state index contributed by atoms with van der Waals surface area (Å²) >= 11 is 0. The van der Waals surface area contributed by atoms with Crippen molar-refractivity contribution in [1.82, 2.24) is 16.2 Å². The second kappa shape index (κ2) is 7.13. The van der Waals surface area contributed by atoms with Crippen LogP contribution >= 0.6 is 0 Å². The van der Waals surface area contributed by atoms with Gasteiger partial charge in [0.05, 0.1) is 7.11 Å². The molecule has 3 N–H and O–H groups in total. The minimum absolute atomic E-state index is 0.162. The normalized spacial score (nSPS) is 9.80. The van der Waals surface area contributed by atoms with Crippen LogP contribution in [0.1, 0.15) is 24.2 Å². The van der Waals surface area contributed by atoms with Crippen LogP contribution in [0.5, 0.6) is 5.75 Å². The number of amides is 3. The van der Waals surface area contributed by atoms with Gasteiger partial charge in [0.25, 0.3) is 5.91 Å². The highest BCUT2D eigenvalue weighted by Crippen LogP contribution is 2.10. The number of nitrogens with one attached hydrogen (secondary N) is 3. The Kier molecular flexibility index (Phi) is 5.52. The number of ether oxygens (including phenoxy) is 1. The first-order valence-corrected chi connectivity index (χ1v) is 5.99. The number of rotatable bonds is 3. The first-order valence-electron chi connectivity index (χ1n) is 5.99. The van der Waals surface area contributed by atoms with Gasteiger partial charge in [-0.25, -0.2) is 0 Å². The van der Waals surface area contributed by atoms with Gasteiger partial charge in [-0.1, -0.05) is 0 Å². The summed E-state index contributed by atoms with van der Waals surface area (Å²) in [5.74, 6) is -1.66. The Morgan fingerprint density at radius 3 is 2.10 bits per heavy atom. The van der Waals surface area contributed by atoms with Crippen molar-refractivity contribution in [3.8, 4) is 5.75 Å². The molecule has 20 heavy (non-hydrogen) atoms. The van der Waals surface area contributed by atoms with Crippen molar-refractivity contribution in [3.05, 3.63) is 29.8 Å². The van der Waals surface area contributed by atoms with Crippen LogP contribution in [0.2, 0.25) is 0 Å². The maximum absolute atomic E-state index is 11.7. The third-order valence-corrected chi connectivity index (χ3v) is 2.27. The highest BCUT2D eigenvalue weighted by Gasteiger charge is 2.15. The number of hydrogen-bond donors (Lipinski definition) is 3. The lowest BCUT2D eigenvalue weighted by Gasteiger charge is -2.09. The van der Waals surface area contributed by atoms with Crippen LogP contribution in [0.15, 0.2) is 24.3 Å². The van der Waals surface area contributed by atoms with Crippen molar-refractivity contribution in [3.63, 3.8) is 0 Å². The Morgan fingerprint density at radius 2 is 1.60 bits per heavy atom. The fourth-order valence-corrected chi connectivity index (χ4v) is 1.31. The van der Waals surface area contributed by atoms with Crippen molar-refractivity contribution in [2.45, 2.75) is 19.9 Å². The first-order chi connectivity index (χ1) is 9.43. The molecule has 0 aromatic heterocycles. The van der Waals surface area contributed by atoms with Crippen molar-refractivity contribution >= 4 is 17.7 Å². The summed E-state index contributed by atoms with van der Waals surface area (Å²) in [4.78, 5) is 34.3. The molecule has 0 saturated heterocycles. The first kappa shape index (κ1) is 15.5. The van der Waals surface area contributed by atoms with E-state index in [4.69, 9.17) is 4.74 Å². The second-order valence-electron chi connectivity index (χ2n) is 4.26. The Labute approximate surface area is 116 Å². The maximum Gasteiger partial charge on any atom is 0.327 e. The lowest BCUT2D eigenvalue weighted by atomic mass is 10.2. The van der Waals surface area contributed by atoms with Gasteiger partial charge < -0.3 is 10.1 Å². The minimum Gasteiger partial charge on any atom is -0.497 e. The molecule has 3 amide bonds. The molecule has 0 radical (unpaired) electrons. The third-order valence-electron chi connectivity index (χ3n) is 2.27. The van der Waals surface area contributed by atoms with E-state index in [1.54, 1.807) is 26.0 Å². The second-order valence-corrected chi connectivity index (χ2v) is 4.26. The van der Waals surface area contributed by atoms with E-state index in [9.17, 15) is 14.4 Å². The van der Waals surface area contributed by atoms with E-state index < -0.39 is 17.7 Å². The van der Waals surface area contributed by atoms with Crippen LogP contribution in [0.3, 0.4) is 0 Å². The quantitative estimate of drug-likeness (QED) is 0.535. The van der Waals surface area contributed by atoms with E-state index in [2.05, 4.69) is 10.7 Å². The predicted octanol–water partition coefficient (Wildman–Crippen LogP) is -0.0192. The van der Waals surface area contributed by atoms with Gasteiger partial charge in [-0.05, 0) is 38.1 Å². The maximum atomic E-state index is 11.7. The molecule has 0 bridgehead atoms. The molecule has 0 unspecified atom stereocenters. The monoisotopic (exact) mass is 279 g/mol. The van der Waals surface area contributed by atoms with Crippen molar-refractivity contribution in [2.24, 2.45) is 0 Å². The van der Waals surface area contributed by atoms with E-state index in [-0.39, 0.29) is 6.04 Å². The number of methoxy groups -OCH3 is 1. The zero-order valence-corrected chi connectivity index (χ0v) is 11.5. The molecular weight excluding hydrogens is 262 g/mol. The van der Waals surface area contributed by atoms with Gasteiger partial charge in [0.15, 0.2) is 0 Å². The van der Waals surface area contributed by atoms with Gasteiger partial charge in [-0.15, -0.1) is 0 Å². The van der Waals surface area contributed by atoms with Crippen LogP contribution in [0.4, 0.5) is 0 Å². The van der Waals surface area contributed by atoms with E-state index >= 15 is 0 Å². The summed E-state index contributed by atoms with van der Waals surface area (Å²) in [5, 5.41) is 2.40. The average molecular weight is 279 g/mol. The summed E-state index contributed by atoms with van der Waals surface area (Å²) in [6.07, 6.45) is 0. The molecule has 1 aromatic rings. The van der Waals surface area contributed by atoms with Gasteiger partial charge >= 0.3 is 11.8 Å². The van der Waals surface area contributed by atoms with Gasteiger partial charge in [-0.2, -0.15) is 0 Å². The molecule has 0 aliphatic rings. The van der Waals surface area contributed by atoms with Crippen LogP contribution in [-0.2, 0) is 9.59 Å². The molecule has 0 aliphatic heterocycles. The van der Waals surface area contributed by atoms with E-state index in [0.29, 0.717) is 11.3 Å². The largest absolute Gasteiger partial charge is 0.497 e. The molecule has 1 rings (SSSR count). The van der Waals surface area contributed by atoms with Crippen molar-refractivity contribution in [1.29, 1.82) is 0 Å². The standard InChI is InChI=1S/C13H17N3O4/c1-8(2)14-12(18)13(19)16-15-11(17)9-4-6-10(20-3)7-5-9/h4-8H,1-3H3,(H,14,18)(H,15,17)(H,16,19). The summed E-state index contributed by atoms with van der Waals surface area (Å²) in [6.45, 7) is 3.45. The zero-order valence-electron chi connectivity index (χ0n) is 11.5. The molecule has 0 aliphatic carbocycles. The number of hydrazine groups is 1. The van der Waals surface area contributed by atoms with Gasteiger partial charge in [-0.3, -0.25) is 25.2 Å². The Hall–Kier alpha value is -2.57. The molecule has 0 spiro atoms. The highest BCUT2D eigenvalue weighted by atomic mass is 16.5. The minimum atomic E-state index is -0.930. The Bertz CT molecular complexity index is 497. The SMILES string of the molecule is COc1ccc(C(=O)NNC(=O)C(=O)NC(C)C)cc1. The molecule has 1 aromatic carbocycles. The Balaban J connectivity index is 2.50. The van der Waals surface area contributed by atoms with E-state index in [1.807, 2.05) is 5.43 Å². The molecule has 0 heterocycles. The number of carbonyl (C=O) groups excluding carboxylic acids is 3. The van der Waals surface area contributed by atoms with Crippen LogP contribution < -0.4 is 20.9 Å². The van der Waals surface area contributed by atoms with Gasteiger partial charge in [0.1, 0.15) is 5.75 Å². The fourth-order valence-electron chi connectivity index (χ4n) is 1.31. The molecular formula is C13H17N3O4. The zero-order chi connectivity index (χ0) is 15.1. The Morgan fingerprint density at radius 1 is 1.00 bits per heavy atom. The van der Waals surface area contributed by atoms with Crippen LogP contribution in [0.25, 0.3) is 0 Å². The van der Waals surface area contributed by atoms with E-state index in [1.165, 1.54) is 19.2 Å². The molecule has 0 fully saturated rings. The van der Waals surface area contributed by atoms with Crippen molar-refractivity contribution < 1.29 is 19.1 Å². The van der Waals surface area contributed by atoms with Crippen molar-refractivity contribution in [2.75, 3.05) is 7.11 Å². The predicted molar refractivity (Wildman–Crippen MR) is 71.9 cm³/mol. The molecule has 7 heteroatoms. The van der Waals surface area contributed by atoms with Gasteiger partial charge in [0, 0.05) is 11.6 Å². The summed E-state index contributed by atoms with van der Waals surface area (Å²) < 4.78 is 4.96. The number of hydrogen-bond acceptors (Lipinski definition) is 4. The van der Waals surface area contributed by atoms with Crippen LogP contribution in [0, 0.1) is 0 Å². The molecule has 108 valence electrons. The molecule has 0 saturated carbocycles. The summed E-state index contributed by atoms with van der Waals surface area (Å²) in [5.41, 5.74) is 4.51. The van der Waals surface area contributed by atoms with Crippen LogP contribution in [-0.4, -0.2) is 30.9 Å². The molecule has 0 atom stereocenters. The number of carbonyl (C=O) groups is 3. The smallest absolute Gasteiger partial charge is 0.327 e. The lowest BCUT2D eigenvalue weighted by Crippen LogP contribution is -2.49.